The largest absolute Gasteiger partial charge is 0.360 e. The number of carbonyl (C=O) groups excluding carboxylic acids is 1. The molecule has 0 radical (unpaired) electrons. The summed E-state index contributed by atoms with van der Waals surface area (Å²) in [5.74, 6) is 0.986. The molecule has 3 fully saturated rings. The molecule has 3 N–H and O–H groups in total. The Bertz CT molecular complexity index is 812. The lowest BCUT2D eigenvalue weighted by atomic mass is 9.95. The summed E-state index contributed by atoms with van der Waals surface area (Å²) in [5, 5.41) is 6.58. The number of amides is 1. The van der Waals surface area contributed by atoms with Crippen molar-refractivity contribution in [1.29, 1.82) is 0 Å². The number of nitrogens with two attached hydrogens (primary N) is 1. The molecule has 2 heterocycles. The molecule has 8 nitrogen and oxygen atoms in total. The highest BCUT2D eigenvalue weighted by Crippen LogP contribution is 2.40. The van der Waals surface area contributed by atoms with Gasteiger partial charge in [0.1, 0.15) is 5.76 Å². The SMILES string of the molecule is C[C@H]1CN(S(=O)(=O)[C@H]2CC[C@@H](N)CC2)CC[C@H]1NC(=O)c1cc(C2CC2)on1. The molecule has 28 heavy (non-hydrogen) atoms. The summed E-state index contributed by atoms with van der Waals surface area (Å²) in [6, 6.07) is 1.79. The molecule has 1 aromatic rings. The maximum absolute atomic E-state index is 13.0. The third-order valence-electron chi connectivity index (χ3n) is 6.43. The van der Waals surface area contributed by atoms with Crippen molar-refractivity contribution in [3.63, 3.8) is 0 Å². The fourth-order valence-electron chi connectivity index (χ4n) is 4.35. The summed E-state index contributed by atoms with van der Waals surface area (Å²) in [5.41, 5.74) is 6.22. The molecular weight excluding hydrogens is 380 g/mol. The first kappa shape index (κ1) is 19.8. The Morgan fingerprint density at radius 3 is 2.57 bits per heavy atom. The topological polar surface area (TPSA) is 119 Å². The van der Waals surface area contributed by atoms with E-state index in [1.165, 1.54) is 0 Å². The summed E-state index contributed by atoms with van der Waals surface area (Å²) in [7, 11) is -3.31. The average Bonchev–Trinajstić information content (AvgIpc) is 3.40. The number of hydrogen-bond donors (Lipinski definition) is 2. The van der Waals surface area contributed by atoms with Crippen molar-refractivity contribution in [1.82, 2.24) is 14.8 Å². The maximum atomic E-state index is 13.0. The van der Waals surface area contributed by atoms with E-state index in [0.717, 1.165) is 31.4 Å². The quantitative estimate of drug-likeness (QED) is 0.761. The number of rotatable bonds is 5. The second-order valence-electron chi connectivity index (χ2n) is 8.67. The maximum Gasteiger partial charge on any atom is 0.273 e. The Morgan fingerprint density at radius 1 is 1.21 bits per heavy atom. The van der Waals surface area contributed by atoms with Gasteiger partial charge in [0, 0.05) is 37.2 Å². The summed E-state index contributed by atoms with van der Waals surface area (Å²) >= 11 is 0. The molecular formula is C19H30N4O4S. The van der Waals surface area contributed by atoms with E-state index in [-0.39, 0.29) is 29.2 Å². The number of nitrogens with zero attached hydrogens (tertiary/aromatic N) is 2. The van der Waals surface area contributed by atoms with Crippen LogP contribution in [0.2, 0.25) is 0 Å². The first-order valence-electron chi connectivity index (χ1n) is 10.4. The molecule has 0 spiro atoms. The van der Waals surface area contributed by atoms with E-state index < -0.39 is 10.0 Å². The molecule has 3 aliphatic rings. The Labute approximate surface area is 166 Å². The van der Waals surface area contributed by atoms with Crippen LogP contribution in [-0.4, -0.2) is 54.2 Å². The fraction of sp³-hybridized carbons (Fsp3) is 0.789. The predicted molar refractivity (Wildman–Crippen MR) is 104 cm³/mol. The van der Waals surface area contributed by atoms with E-state index in [9.17, 15) is 13.2 Å². The van der Waals surface area contributed by atoms with Gasteiger partial charge in [0.2, 0.25) is 10.0 Å². The Hall–Kier alpha value is -1.45. The molecule has 1 aliphatic heterocycles. The Kier molecular flexibility index (Phi) is 5.50. The van der Waals surface area contributed by atoms with Crippen LogP contribution in [0.3, 0.4) is 0 Å². The van der Waals surface area contributed by atoms with Gasteiger partial charge in [-0.15, -0.1) is 0 Å². The molecule has 4 rings (SSSR count). The minimum atomic E-state index is -3.31. The number of nitrogens with one attached hydrogen (secondary N) is 1. The van der Waals surface area contributed by atoms with Crippen LogP contribution in [0.15, 0.2) is 10.6 Å². The van der Waals surface area contributed by atoms with Crippen molar-refractivity contribution < 1.29 is 17.7 Å². The average molecular weight is 411 g/mol. The van der Waals surface area contributed by atoms with E-state index >= 15 is 0 Å². The molecule has 2 aliphatic carbocycles. The zero-order valence-corrected chi connectivity index (χ0v) is 17.2. The summed E-state index contributed by atoms with van der Waals surface area (Å²) < 4.78 is 32.9. The van der Waals surface area contributed by atoms with E-state index in [4.69, 9.17) is 10.3 Å². The molecule has 1 aromatic heterocycles. The lowest BCUT2D eigenvalue weighted by Crippen LogP contribution is -2.53. The van der Waals surface area contributed by atoms with Gasteiger partial charge in [-0.05, 0) is 50.9 Å². The normalized spacial score (nSPS) is 32.2. The van der Waals surface area contributed by atoms with E-state index in [1.807, 2.05) is 6.92 Å². The smallest absolute Gasteiger partial charge is 0.273 e. The van der Waals surface area contributed by atoms with Crippen molar-refractivity contribution in [2.45, 2.75) is 75.1 Å². The van der Waals surface area contributed by atoms with Gasteiger partial charge in [-0.2, -0.15) is 0 Å². The van der Waals surface area contributed by atoms with Crippen molar-refractivity contribution in [2.75, 3.05) is 13.1 Å². The summed E-state index contributed by atoms with van der Waals surface area (Å²) in [6.07, 6.45) is 5.61. The number of piperidine rings is 1. The van der Waals surface area contributed by atoms with Crippen molar-refractivity contribution >= 4 is 15.9 Å². The zero-order chi connectivity index (χ0) is 19.9. The third kappa shape index (κ3) is 4.11. The molecule has 0 unspecified atom stereocenters. The lowest BCUT2D eigenvalue weighted by molar-refractivity contribution is 0.0891. The van der Waals surface area contributed by atoms with Gasteiger partial charge in [0.15, 0.2) is 5.69 Å². The number of hydrogen-bond acceptors (Lipinski definition) is 6. The third-order valence-corrected chi connectivity index (χ3v) is 8.79. The molecule has 1 amide bonds. The number of carbonyl (C=O) groups is 1. The monoisotopic (exact) mass is 410 g/mol. The fourth-order valence-corrected chi connectivity index (χ4v) is 6.44. The van der Waals surface area contributed by atoms with E-state index in [0.29, 0.717) is 44.0 Å². The molecule has 1 saturated heterocycles. The highest BCUT2D eigenvalue weighted by atomic mass is 32.2. The molecule has 2 saturated carbocycles. The van der Waals surface area contributed by atoms with E-state index in [1.54, 1.807) is 10.4 Å². The number of sulfonamides is 1. The van der Waals surface area contributed by atoms with Crippen LogP contribution in [-0.2, 0) is 10.0 Å². The molecule has 0 aromatic carbocycles. The van der Waals surface area contributed by atoms with Gasteiger partial charge < -0.3 is 15.6 Å². The van der Waals surface area contributed by atoms with Crippen LogP contribution >= 0.6 is 0 Å². The Balaban J connectivity index is 1.33. The highest BCUT2D eigenvalue weighted by molar-refractivity contribution is 7.89. The molecule has 0 bridgehead atoms. The van der Waals surface area contributed by atoms with Gasteiger partial charge in [-0.25, -0.2) is 12.7 Å². The lowest BCUT2D eigenvalue weighted by Gasteiger charge is -2.39. The molecule has 156 valence electrons. The van der Waals surface area contributed by atoms with Gasteiger partial charge in [-0.3, -0.25) is 4.79 Å². The molecule has 2 atom stereocenters. The second kappa shape index (κ2) is 7.76. The first-order valence-corrected chi connectivity index (χ1v) is 11.9. The predicted octanol–water partition coefficient (Wildman–Crippen LogP) is 1.59. The Morgan fingerprint density at radius 2 is 1.93 bits per heavy atom. The minimum Gasteiger partial charge on any atom is -0.360 e. The van der Waals surface area contributed by atoms with Crippen molar-refractivity contribution in [2.24, 2.45) is 11.7 Å². The van der Waals surface area contributed by atoms with Crippen LogP contribution in [0.25, 0.3) is 0 Å². The standard InChI is InChI=1S/C19H30N4O4S/c1-12-11-23(28(25,26)15-6-4-14(20)5-7-15)9-8-16(12)21-19(24)17-10-18(27-22-17)13-2-3-13/h10,12-16H,2-9,11,20H2,1H3,(H,21,24)/t12-,14-,15+,16+/m0/s1. The van der Waals surface area contributed by atoms with E-state index in [2.05, 4.69) is 10.5 Å². The van der Waals surface area contributed by atoms with Crippen LogP contribution < -0.4 is 11.1 Å². The van der Waals surface area contributed by atoms with Crippen LogP contribution in [0.4, 0.5) is 0 Å². The molecule has 9 heteroatoms. The van der Waals surface area contributed by atoms with Gasteiger partial charge in [0.05, 0.1) is 5.25 Å². The minimum absolute atomic E-state index is 0.0353. The van der Waals surface area contributed by atoms with Gasteiger partial charge in [-0.1, -0.05) is 12.1 Å². The summed E-state index contributed by atoms with van der Waals surface area (Å²) in [6.45, 7) is 2.86. The van der Waals surface area contributed by atoms with Crippen LogP contribution in [0.5, 0.6) is 0 Å². The second-order valence-corrected chi connectivity index (χ2v) is 10.9. The van der Waals surface area contributed by atoms with Crippen molar-refractivity contribution in [3.05, 3.63) is 17.5 Å². The number of aromatic nitrogens is 1. The van der Waals surface area contributed by atoms with Crippen molar-refractivity contribution in [3.8, 4) is 0 Å². The van der Waals surface area contributed by atoms with Crippen LogP contribution in [0.1, 0.15) is 74.0 Å². The zero-order valence-electron chi connectivity index (χ0n) is 16.3. The first-order chi connectivity index (χ1) is 13.3. The van der Waals surface area contributed by atoms with Gasteiger partial charge >= 0.3 is 0 Å². The van der Waals surface area contributed by atoms with Gasteiger partial charge in [0.25, 0.3) is 5.91 Å². The summed E-state index contributed by atoms with van der Waals surface area (Å²) in [4.78, 5) is 12.5. The van der Waals surface area contributed by atoms with Crippen LogP contribution in [0, 0.1) is 5.92 Å². The highest BCUT2D eigenvalue weighted by Gasteiger charge is 2.39.